The second-order valence-corrected chi connectivity index (χ2v) is 5.62. The van der Waals surface area contributed by atoms with Gasteiger partial charge >= 0.3 is 18.1 Å². The fourth-order valence-corrected chi connectivity index (χ4v) is 1.51. The third-order valence-corrected chi connectivity index (χ3v) is 2.51. The van der Waals surface area contributed by atoms with Crippen molar-refractivity contribution in [3.8, 4) is 0 Å². The van der Waals surface area contributed by atoms with Crippen LogP contribution in [0.2, 0.25) is 0 Å². The normalized spacial score (nSPS) is 10.4. The maximum Gasteiger partial charge on any atom is 0.426 e. The van der Waals surface area contributed by atoms with Gasteiger partial charge < -0.3 is 14.8 Å². The van der Waals surface area contributed by atoms with Gasteiger partial charge in [0.15, 0.2) is 0 Å². The van der Waals surface area contributed by atoms with E-state index in [-0.39, 0.29) is 6.54 Å². The Labute approximate surface area is 134 Å². The van der Waals surface area contributed by atoms with E-state index in [9.17, 15) is 14.4 Å². The summed E-state index contributed by atoms with van der Waals surface area (Å²) in [5, 5.41) is 2.54. The van der Waals surface area contributed by atoms with Gasteiger partial charge in [-0.05, 0) is 38.5 Å². The van der Waals surface area contributed by atoms with Gasteiger partial charge in [0.25, 0.3) is 0 Å². The number of benzene rings is 1. The molecule has 0 aliphatic heterocycles. The Morgan fingerprint density at radius 2 is 1.65 bits per heavy atom. The smallest absolute Gasteiger partial charge is 0.426 e. The molecule has 0 aromatic heterocycles. The molecule has 0 saturated heterocycles. The molecule has 3 amide bonds. The van der Waals surface area contributed by atoms with Crippen LogP contribution >= 0.6 is 0 Å². The Morgan fingerprint density at radius 1 is 1.04 bits per heavy atom. The van der Waals surface area contributed by atoms with Crippen LogP contribution in [0.5, 0.6) is 0 Å². The highest BCUT2D eigenvalue weighted by molar-refractivity contribution is 5.89. The Morgan fingerprint density at radius 3 is 2.17 bits per heavy atom. The van der Waals surface area contributed by atoms with Crippen molar-refractivity contribution in [2.24, 2.45) is 0 Å². The number of hydrogen-bond acceptors (Lipinski definition) is 5. The van der Waals surface area contributed by atoms with Crippen LogP contribution in [0.4, 0.5) is 9.59 Å². The molecule has 8 heteroatoms. The third kappa shape index (κ3) is 7.16. The first-order valence-corrected chi connectivity index (χ1v) is 6.91. The molecule has 1 aromatic carbocycles. The van der Waals surface area contributed by atoms with Crippen molar-refractivity contribution in [3.63, 3.8) is 0 Å². The van der Waals surface area contributed by atoms with Crippen LogP contribution in [0.25, 0.3) is 0 Å². The first kappa shape index (κ1) is 18.3. The van der Waals surface area contributed by atoms with E-state index in [2.05, 4.69) is 20.9 Å². The predicted molar refractivity (Wildman–Crippen MR) is 82.5 cm³/mol. The molecule has 0 heterocycles. The predicted octanol–water partition coefficient (Wildman–Crippen LogP) is 1.71. The molecular weight excluding hydrogens is 302 g/mol. The molecule has 3 N–H and O–H groups in total. The quantitative estimate of drug-likeness (QED) is 0.580. The molecule has 0 fully saturated rings. The van der Waals surface area contributed by atoms with Crippen molar-refractivity contribution < 1.29 is 23.9 Å². The Bertz CT molecular complexity index is 563. The van der Waals surface area contributed by atoms with Crippen molar-refractivity contribution in [2.45, 2.75) is 32.9 Å². The molecule has 126 valence electrons. The molecule has 0 unspecified atom stereocenters. The van der Waals surface area contributed by atoms with E-state index in [4.69, 9.17) is 4.74 Å². The fourth-order valence-electron chi connectivity index (χ4n) is 1.51. The highest BCUT2D eigenvalue weighted by Crippen LogP contribution is 2.06. The first-order chi connectivity index (χ1) is 10.7. The number of esters is 1. The number of carbonyl (C=O) groups excluding carboxylic acids is 3. The van der Waals surface area contributed by atoms with Crippen molar-refractivity contribution in [3.05, 3.63) is 35.4 Å². The van der Waals surface area contributed by atoms with Gasteiger partial charge in [-0.3, -0.25) is 0 Å². The van der Waals surface area contributed by atoms with Crippen molar-refractivity contribution >= 4 is 18.1 Å². The molecule has 0 spiro atoms. The number of nitrogens with one attached hydrogen (secondary N) is 3. The number of ether oxygens (including phenoxy) is 2. The fraction of sp³-hybridized carbons (Fsp3) is 0.400. The van der Waals surface area contributed by atoms with E-state index in [1.54, 1.807) is 45.0 Å². The number of urea groups is 1. The molecule has 0 aliphatic rings. The van der Waals surface area contributed by atoms with Gasteiger partial charge in [-0.2, -0.15) is 0 Å². The molecule has 0 bridgehead atoms. The number of amides is 3. The largest absolute Gasteiger partial charge is 0.465 e. The number of hydrazine groups is 1. The van der Waals surface area contributed by atoms with Gasteiger partial charge in [-0.1, -0.05) is 12.1 Å². The maximum absolute atomic E-state index is 11.5. The van der Waals surface area contributed by atoms with Crippen LogP contribution in [0.1, 0.15) is 36.7 Å². The van der Waals surface area contributed by atoms with Gasteiger partial charge in [0.05, 0.1) is 12.7 Å². The van der Waals surface area contributed by atoms with E-state index >= 15 is 0 Å². The SMILES string of the molecule is COC(=O)c1ccc(CNC(=O)NNC(=O)OC(C)(C)C)cc1. The molecule has 23 heavy (non-hydrogen) atoms. The average Bonchev–Trinajstić information content (AvgIpc) is 2.49. The lowest BCUT2D eigenvalue weighted by Gasteiger charge is -2.19. The number of rotatable bonds is 3. The first-order valence-electron chi connectivity index (χ1n) is 6.91. The molecule has 0 atom stereocenters. The molecule has 0 saturated carbocycles. The van der Waals surface area contributed by atoms with Crippen molar-refractivity contribution in [1.29, 1.82) is 0 Å². The summed E-state index contributed by atoms with van der Waals surface area (Å²) < 4.78 is 9.55. The van der Waals surface area contributed by atoms with Crippen molar-refractivity contribution in [2.75, 3.05) is 7.11 Å². The van der Waals surface area contributed by atoms with Gasteiger partial charge in [-0.15, -0.1) is 0 Å². The summed E-state index contributed by atoms with van der Waals surface area (Å²) >= 11 is 0. The van der Waals surface area contributed by atoms with Crippen LogP contribution in [-0.2, 0) is 16.0 Å². The zero-order valence-corrected chi connectivity index (χ0v) is 13.6. The Hall–Kier alpha value is -2.77. The molecule has 1 aromatic rings. The summed E-state index contributed by atoms with van der Waals surface area (Å²) in [5.74, 6) is -0.427. The summed E-state index contributed by atoms with van der Waals surface area (Å²) in [7, 11) is 1.31. The van der Waals surface area contributed by atoms with Crippen LogP contribution in [-0.4, -0.2) is 30.8 Å². The molecule has 1 rings (SSSR count). The third-order valence-electron chi connectivity index (χ3n) is 2.51. The molecular formula is C15H21N3O5. The van der Waals surface area contributed by atoms with Crippen LogP contribution < -0.4 is 16.2 Å². The number of methoxy groups -OCH3 is 1. The Balaban J connectivity index is 2.36. The highest BCUT2D eigenvalue weighted by Gasteiger charge is 2.16. The monoisotopic (exact) mass is 323 g/mol. The van der Waals surface area contributed by atoms with E-state index < -0.39 is 23.7 Å². The minimum atomic E-state index is -0.755. The standard InChI is InChI=1S/C15H21N3O5/c1-15(2,3)23-14(21)18-17-13(20)16-9-10-5-7-11(8-6-10)12(19)22-4/h5-8H,9H2,1-4H3,(H,18,21)(H2,16,17,20). The summed E-state index contributed by atoms with van der Waals surface area (Å²) in [6.45, 7) is 5.36. The van der Waals surface area contributed by atoms with Gasteiger partial charge in [0.2, 0.25) is 0 Å². The van der Waals surface area contributed by atoms with E-state index in [0.717, 1.165) is 5.56 Å². The molecule has 0 radical (unpaired) electrons. The van der Waals surface area contributed by atoms with E-state index in [1.807, 2.05) is 0 Å². The van der Waals surface area contributed by atoms with Crippen LogP contribution in [0, 0.1) is 0 Å². The second kappa shape index (κ2) is 8.02. The van der Waals surface area contributed by atoms with E-state index in [0.29, 0.717) is 5.56 Å². The second-order valence-electron chi connectivity index (χ2n) is 5.62. The van der Waals surface area contributed by atoms with Gasteiger partial charge in [0, 0.05) is 6.54 Å². The molecule has 0 aliphatic carbocycles. The Kier molecular flexibility index (Phi) is 6.37. The minimum Gasteiger partial charge on any atom is -0.465 e. The topological polar surface area (TPSA) is 106 Å². The summed E-state index contributed by atoms with van der Waals surface area (Å²) in [5.41, 5.74) is 4.84. The van der Waals surface area contributed by atoms with Crippen molar-refractivity contribution in [1.82, 2.24) is 16.2 Å². The van der Waals surface area contributed by atoms with Gasteiger partial charge in [0.1, 0.15) is 5.60 Å². The lowest BCUT2D eigenvalue weighted by atomic mass is 10.1. The number of carbonyl (C=O) groups is 3. The summed E-state index contributed by atoms with van der Waals surface area (Å²) in [4.78, 5) is 34.2. The van der Waals surface area contributed by atoms with E-state index in [1.165, 1.54) is 7.11 Å². The number of hydrogen-bond donors (Lipinski definition) is 3. The average molecular weight is 323 g/mol. The van der Waals surface area contributed by atoms with Crippen LogP contribution in [0.15, 0.2) is 24.3 Å². The zero-order chi connectivity index (χ0) is 17.5. The lowest BCUT2D eigenvalue weighted by Crippen LogP contribution is -2.48. The van der Waals surface area contributed by atoms with Gasteiger partial charge in [-0.25, -0.2) is 25.2 Å². The molecule has 8 nitrogen and oxygen atoms in total. The summed E-state index contributed by atoms with van der Waals surface area (Å²) in [6, 6.07) is 5.98. The lowest BCUT2D eigenvalue weighted by molar-refractivity contribution is 0.0504. The minimum absolute atomic E-state index is 0.225. The highest BCUT2D eigenvalue weighted by atomic mass is 16.6. The maximum atomic E-state index is 11.5. The zero-order valence-electron chi connectivity index (χ0n) is 13.6. The summed E-state index contributed by atoms with van der Waals surface area (Å²) in [6.07, 6.45) is -0.755. The van der Waals surface area contributed by atoms with Crippen LogP contribution in [0.3, 0.4) is 0 Å².